The van der Waals surface area contributed by atoms with Gasteiger partial charge in [-0.25, -0.2) is 4.39 Å². The molecule has 0 aliphatic heterocycles. The third-order valence-corrected chi connectivity index (χ3v) is 3.37. The zero-order chi connectivity index (χ0) is 10.9. The second-order valence-electron chi connectivity index (χ2n) is 4.06. The van der Waals surface area contributed by atoms with Crippen LogP contribution in [0.15, 0.2) is 22.7 Å². The average Bonchev–Trinajstić information content (AvgIpc) is 2.02. The van der Waals surface area contributed by atoms with Gasteiger partial charge < -0.3 is 5.73 Å². The first-order valence-electron chi connectivity index (χ1n) is 4.60. The van der Waals surface area contributed by atoms with E-state index in [0.717, 1.165) is 10.0 Å². The maximum absolute atomic E-state index is 12.9. The summed E-state index contributed by atoms with van der Waals surface area (Å²) in [7, 11) is 0. The molecular weight excluding hydrogens is 245 g/mol. The van der Waals surface area contributed by atoms with Crippen molar-refractivity contribution in [2.45, 2.75) is 26.3 Å². The molecule has 0 saturated carbocycles. The number of rotatable bonds is 2. The molecule has 2 N–H and O–H groups in total. The van der Waals surface area contributed by atoms with Crippen molar-refractivity contribution in [1.82, 2.24) is 0 Å². The fourth-order valence-corrected chi connectivity index (χ4v) is 2.02. The molecule has 1 rings (SSSR count). The Balaban J connectivity index is 3.19. The molecule has 0 aliphatic rings. The Morgan fingerprint density at radius 3 is 2.43 bits per heavy atom. The van der Waals surface area contributed by atoms with Gasteiger partial charge in [0.2, 0.25) is 0 Å². The summed E-state index contributed by atoms with van der Waals surface area (Å²) in [5.41, 5.74) is 6.68. The van der Waals surface area contributed by atoms with E-state index in [4.69, 9.17) is 5.73 Å². The van der Waals surface area contributed by atoms with Crippen LogP contribution in [0.3, 0.4) is 0 Å². The molecule has 0 amide bonds. The first-order chi connectivity index (χ1) is 6.35. The van der Waals surface area contributed by atoms with Crippen molar-refractivity contribution in [3.63, 3.8) is 0 Å². The van der Waals surface area contributed by atoms with Crippen LogP contribution in [-0.2, 0) is 5.54 Å². The first-order valence-corrected chi connectivity index (χ1v) is 5.39. The SMILES string of the molecule is CC(C)C(C)(N)c1ccc(F)cc1Br. The van der Waals surface area contributed by atoms with Crippen molar-refractivity contribution in [3.8, 4) is 0 Å². The third kappa shape index (κ3) is 2.15. The maximum Gasteiger partial charge on any atom is 0.124 e. The lowest BCUT2D eigenvalue weighted by atomic mass is 9.83. The molecule has 78 valence electrons. The van der Waals surface area contributed by atoms with E-state index >= 15 is 0 Å². The fourth-order valence-electron chi connectivity index (χ4n) is 1.24. The molecule has 0 spiro atoms. The quantitative estimate of drug-likeness (QED) is 0.866. The highest BCUT2D eigenvalue weighted by Gasteiger charge is 2.27. The van der Waals surface area contributed by atoms with Crippen molar-refractivity contribution < 1.29 is 4.39 Å². The van der Waals surface area contributed by atoms with Crippen LogP contribution in [0.25, 0.3) is 0 Å². The third-order valence-electron chi connectivity index (χ3n) is 2.71. The van der Waals surface area contributed by atoms with Gasteiger partial charge in [-0.1, -0.05) is 35.8 Å². The molecule has 14 heavy (non-hydrogen) atoms. The zero-order valence-corrected chi connectivity index (χ0v) is 10.2. The minimum Gasteiger partial charge on any atom is -0.321 e. The van der Waals surface area contributed by atoms with E-state index in [1.54, 1.807) is 6.07 Å². The highest BCUT2D eigenvalue weighted by atomic mass is 79.9. The predicted octanol–water partition coefficient (Wildman–Crippen LogP) is 3.42. The smallest absolute Gasteiger partial charge is 0.124 e. The van der Waals surface area contributed by atoms with Crippen LogP contribution in [0.5, 0.6) is 0 Å². The van der Waals surface area contributed by atoms with Crippen molar-refractivity contribution in [2.75, 3.05) is 0 Å². The molecule has 0 bridgehead atoms. The van der Waals surface area contributed by atoms with Gasteiger partial charge in [0, 0.05) is 10.0 Å². The van der Waals surface area contributed by atoms with E-state index in [-0.39, 0.29) is 5.82 Å². The lowest BCUT2D eigenvalue weighted by molar-refractivity contribution is 0.348. The monoisotopic (exact) mass is 259 g/mol. The second kappa shape index (κ2) is 3.99. The topological polar surface area (TPSA) is 26.0 Å². The van der Waals surface area contributed by atoms with Gasteiger partial charge in [0.1, 0.15) is 5.82 Å². The highest BCUT2D eigenvalue weighted by molar-refractivity contribution is 9.10. The molecular formula is C11H15BrFN. The van der Waals surface area contributed by atoms with Crippen LogP contribution in [0.4, 0.5) is 4.39 Å². The van der Waals surface area contributed by atoms with Gasteiger partial charge in [0.05, 0.1) is 0 Å². The Morgan fingerprint density at radius 2 is 2.00 bits per heavy atom. The van der Waals surface area contributed by atoms with Crippen molar-refractivity contribution >= 4 is 15.9 Å². The van der Waals surface area contributed by atoms with Crippen LogP contribution in [-0.4, -0.2) is 0 Å². The Bertz CT molecular complexity index is 334. The number of benzene rings is 1. The number of hydrogen-bond donors (Lipinski definition) is 1. The number of nitrogens with two attached hydrogens (primary N) is 1. The molecule has 1 atom stereocenters. The average molecular weight is 260 g/mol. The van der Waals surface area contributed by atoms with Gasteiger partial charge >= 0.3 is 0 Å². The van der Waals surface area contributed by atoms with E-state index < -0.39 is 5.54 Å². The molecule has 0 heterocycles. The minimum absolute atomic E-state index is 0.250. The van der Waals surface area contributed by atoms with Crippen molar-refractivity contribution in [1.29, 1.82) is 0 Å². The predicted molar refractivity (Wildman–Crippen MR) is 60.5 cm³/mol. The lowest BCUT2D eigenvalue weighted by Gasteiger charge is -2.30. The van der Waals surface area contributed by atoms with Crippen LogP contribution < -0.4 is 5.73 Å². The summed E-state index contributed by atoms with van der Waals surface area (Å²) < 4.78 is 13.6. The lowest BCUT2D eigenvalue weighted by Crippen LogP contribution is -2.38. The van der Waals surface area contributed by atoms with E-state index in [1.807, 2.05) is 6.92 Å². The molecule has 0 radical (unpaired) electrons. The summed E-state index contributed by atoms with van der Waals surface area (Å²) in [5.74, 6) is 0.0458. The summed E-state index contributed by atoms with van der Waals surface area (Å²) in [6, 6.07) is 4.62. The normalized spacial score (nSPS) is 15.6. The first kappa shape index (κ1) is 11.7. The number of hydrogen-bond acceptors (Lipinski definition) is 1. The Kier molecular flexibility index (Phi) is 3.32. The van der Waals surface area contributed by atoms with Crippen LogP contribution in [0.1, 0.15) is 26.3 Å². The van der Waals surface area contributed by atoms with Gasteiger partial charge in [0.15, 0.2) is 0 Å². The second-order valence-corrected chi connectivity index (χ2v) is 4.92. The van der Waals surface area contributed by atoms with Gasteiger partial charge in [-0.05, 0) is 30.5 Å². The standard InChI is InChI=1S/C11H15BrFN/c1-7(2)11(3,14)9-5-4-8(13)6-10(9)12/h4-7H,14H2,1-3H3. The largest absolute Gasteiger partial charge is 0.321 e. The highest BCUT2D eigenvalue weighted by Crippen LogP contribution is 2.32. The summed E-state index contributed by atoms with van der Waals surface area (Å²) in [6.07, 6.45) is 0. The summed E-state index contributed by atoms with van der Waals surface area (Å²) in [5, 5.41) is 0. The molecule has 3 heteroatoms. The molecule has 0 saturated heterocycles. The van der Waals surface area contributed by atoms with Crippen molar-refractivity contribution in [2.24, 2.45) is 11.7 Å². The zero-order valence-electron chi connectivity index (χ0n) is 8.64. The van der Waals surface area contributed by atoms with Crippen LogP contribution >= 0.6 is 15.9 Å². The summed E-state index contributed by atoms with van der Waals surface area (Å²) in [6.45, 7) is 6.06. The molecule has 1 unspecified atom stereocenters. The van der Waals surface area contributed by atoms with E-state index in [2.05, 4.69) is 29.8 Å². The Labute approximate surface area is 92.6 Å². The van der Waals surface area contributed by atoms with Gasteiger partial charge in [-0.15, -0.1) is 0 Å². The minimum atomic E-state index is -0.438. The Hall–Kier alpha value is -0.410. The fraction of sp³-hybridized carbons (Fsp3) is 0.455. The maximum atomic E-state index is 12.9. The molecule has 0 aromatic heterocycles. The van der Waals surface area contributed by atoms with E-state index in [1.165, 1.54) is 12.1 Å². The van der Waals surface area contributed by atoms with Gasteiger partial charge in [-0.2, -0.15) is 0 Å². The van der Waals surface area contributed by atoms with Gasteiger partial charge in [0.25, 0.3) is 0 Å². The summed E-state index contributed by atoms with van der Waals surface area (Å²) in [4.78, 5) is 0. The summed E-state index contributed by atoms with van der Waals surface area (Å²) >= 11 is 3.33. The van der Waals surface area contributed by atoms with Crippen LogP contribution in [0, 0.1) is 11.7 Å². The van der Waals surface area contributed by atoms with E-state index in [9.17, 15) is 4.39 Å². The molecule has 1 aromatic rings. The van der Waals surface area contributed by atoms with E-state index in [0.29, 0.717) is 5.92 Å². The molecule has 0 aliphatic carbocycles. The van der Waals surface area contributed by atoms with Crippen molar-refractivity contribution in [3.05, 3.63) is 34.1 Å². The Morgan fingerprint density at radius 1 is 1.43 bits per heavy atom. The number of halogens is 2. The molecule has 1 aromatic carbocycles. The molecule has 1 nitrogen and oxygen atoms in total. The van der Waals surface area contributed by atoms with Crippen LogP contribution in [0.2, 0.25) is 0 Å². The van der Waals surface area contributed by atoms with Gasteiger partial charge in [-0.3, -0.25) is 0 Å². The molecule has 0 fully saturated rings.